The summed E-state index contributed by atoms with van der Waals surface area (Å²) in [4.78, 5) is 12.3. The van der Waals surface area contributed by atoms with Crippen molar-refractivity contribution in [2.75, 3.05) is 85.1 Å². The highest BCUT2D eigenvalue weighted by molar-refractivity contribution is 7.99. The van der Waals surface area contributed by atoms with Gasteiger partial charge in [0.15, 0.2) is 0 Å². The fourth-order valence-corrected chi connectivity index (χ4v) is 6.33. The summed E-state index contributed by atoms with van der Waals surface area (Å²) in [6.45, 7) is 33.2. The van der Waals surface area contributed by atoms with Crippen LogP contribution in [0.4, 0.5) is 4.39 Å². The lowest BCUT2D eigenvalue weighted by molar-refractivity contribution is 0.104. The number of nitrogens with zero attached hydrogens (tertiary/aromatic N) is 4. The molecule has 2 aromatic rings. The van der Waals surface area contributed by atoms with Crippen LogP contribution in [0.5, 0.6) is 0 Å². The quantitative estimate of drug-likeness (QED) is 0.199. The predicted molar refractivity (Wildman–Crippen MR) is 215 cm³/mol. The van der Waals surface area contributed by atoms with Gasteiger partial charge in [0.1, 0.15) is 5.82 Å². The molecule has 0 aromatic heterocycles. The summed E-state index contributed by atoms with van der Waals surface area (Å²) in [5.74, 6) is 2.02. The predicted octanol–water partition coefficient (Wildman–Crippen LogP) is 8.47. The second-order valence-corrected chi connectivity index (χ2v) is 13.4. The number of likely N-dealkylation sites (N-methyl/N-ethyl adjacent to an activating group) is 1. The molecule has 2 N–H and O–H groups in total. The van der Waals surface area contributed by atoms with Crippen LogP contribution in [0.2, 0.25) is 0 Å². The van der Waals surface area contributed by atoms with Crippen LogP contribution in [0.1, 0.15) is 73.4 Å². The highest BCUT2D eigenvalue weighted by Gasteiger charge is 2.19. The molecule has 280 valence electrons. The maximum absolute atomic E-state index is 13.6. The first-order chi connectivity index (χ1) is 23.3. The van der Waals surface area contributed by atoms with Gasteiger partial charge in [-0.2, -0.15) is 0 Å². The third kappa shape index (κ3) is 24.7. The van der Waals surface area contributed by atoms with E-state index in [1.54, 1.807) is 30.0 Å². The second-order valence-electron chi connectivity index (χ2n) is 10.7. The van der Waals surface area contributed by atoms with E-state index >= 15 is 0 Å². The third-order valence-electron chi connectivity index (χ3n) is 7.00. The summed E-state index contributed by atoms with van der Waals surface area (Å²) in [5.41, 5.74) is 2.55. The third-order valence-corrected chi connectivity index (χ3v) is 8.73. The van der Waals surface area contributed by atoms with Crippen molar-refractivity contribution in [3.05, 3.63) is 72.1 Å². The lowest BCUT2D eigenvalue weighted by Gasteiger charge is -2.37. The zero-order valence-electron chi connectivity index (χ0n) is 32.8. The molecule has 2 aliphatic rings. The smallest absolute Gasteiger partial charge is 0.124 e. The van der Waals surface area contributed by atoms with E-state index in [2.05, 4.69) is 91.3 Å². The summed E-state index contributed by atoms with van der Waals surface area (Å²) in [5, 5.41) is 14.0. The number of hydrogen-bond donors (Lipinski definition) is 2. The van der Waals surface area contributed by atoms with Crippen LogP contribution in [0.3, 0.4) is 0 Å². The average molecular weight is 713 g/mol. The zero-order valence-corrected chi connectivity index (χ0v) is 34.4. The van der Waals surface area contributed by atoms with Crippen molar-refractivity contribution in [2.24, 2.45) is 0 Å². The Hall–Kier alpha value is -1.43. The maximum Gasteiger partial charge on any atom is 0.124 e. The van der Waals surface area contributed by atoms with Gasteiger partial charge >= 0.3 is 0 Å². The molecular formula is C39H73FN4O2S2. The molecule has 0 saturated carbocycles. The van der Waals surface area contributed by atoms with Crippen LogP contribution in [0.25, 0.3) is 0 Å². The normalized spacial score (nSPS) is 14.8. The van der Waals surface area contributed by atoms with Gasteiger partial charge in [0.25, 0.3) is 0 Å². The van der Waals surface area contributed by atoms with Crippen LogP contribution in [-0.4, -0.2) is 121 Å². The van der Waals surface area contributed by atoms with E-state index in [-0.39, 0.29) is 5.82 Å². The standard InChI is InChI=1S/C16H25FN2S.C14H22N2S.C3H6.2C2H6.2CH4O/c1-4-20-16-10-14(9-15(17)11-16)12-18-5-7-19(8-6-18)13(2)3;1-3-17-14-6-4-5-13(11-14)12-16-9-7-15(2)8-10-16;1-3-2;4*1-2/h9-11,13H,4-8,12H2,1-3H3;4-6,11H,3,7-10,12H2,1-2H3;3H,1H2,2H3;2*1-2H3;2*2H,1H3. The van der Waals surface area contributed by atoms with Gasteiger partial charge in [0.2, 0.25) is 0 Å². The Balaban J connectivity index is -0.000000658. The molecule has 2 aromatic carbocycles. The molecule has 0 aliphatic carbocycles. The Morgan fingerprint density at radius 2 is 1.17 bits per heavy atom. The number of aliphatic hydroxyl groups is 2. The lowest BCUT2D eigenvalue weighted by atomic mass is 10.2. The van der Waals surface area contributed by atoms with Crippen LogP contribution < -0.4 is 0 Å². The Morgan fingerprint density at radius 3 is 1.65 bits per heavy atom. The average Bonchev–Trinajstić information content (AvgIpc) is 3.11. The number of thioether (sulfide) groups is 2. The number of aliphatic hydroxyl groups excluding tert-OH is 2. The number of rotatable bonds is 9. The van der Waals surface area contributed by atoms with Crippen molar-refractivity contribution in [1.29, 1.82) is 0 Å². The number of benzene rings is 2. The van der Waals surface area contributed by atoms with Gasteiger partial charge in [-0.05, 0) is 80.8 Å². The van der Waals surface area contributed by atoms with Gasteiger partial charge < -0.3 is 15.1 Å². The van der Waals surface area contributed by atoms with Crippen LogP contribution in [0.15, 0.2) is 64.9 Å². The highest BCUT2D eigenvalue weighted by atomic mass is 32.2. The first kappa shape index (κ1) is 50.9. The Labute approximate surface area is 305 Å². The first-order valence-corrected chi connectivity index (χ1v) is 19.7. The molecule has 2 heterocycles. The van der Waals surface area contributed by atoms with E-state index in [1.807, 2.05) is 46.4 Å². The van der Waals surface area contributed by atoms with Gasteiger partial charge in [-0.1, -0.05) is 59.8 Å². The van der Waals surface area contributed by atoms with Gasteiger partial charge in [-0.25, -0.2) is 4.39 Å². The van der Waals surface area contributed by atoms with Crippen molar-refractivity contribution in [2.45, 2.75) is 91.2 Å². The fraction of sp³-hybridized carbons (Fsp3) is 0.641. The molecule has 0 radical (unpaired) electrons. The number of halogens is 1. The Morgan fingerprint density at radius 1 is 0.729 bits per heavy atom. The topological polar surface area (TPSA) is 53.4 Å². The fourth-order valence-electron chi connectivity index (χ4n) is 4.82. The van der Waals surface area contributed by atoms with E-state index in [0.717, 1.165) is 75.5 Å². The molecule has 0 unspecified atom stereocenters. The molecular weight excluding hydrogens is 640 g/mol. The van der Waals surface area contributed by atoms with Crippen LogP contribution >= 0.6 is 23.5 Å². The van der Waals surface area contributed by atoms with Crippen LogP contribution in [-0.2, 0) is 13.1 Å². The molecule has 2 aliphatic heterocycles. The number of piperazine rings is 2. The number of allylic oxidation sites excluding steroid dienone is 1. The van der Waals surface area contributed by atoms with Gasteiger partial charge in [0, 0.05) is 95.5 Å². The van der Waals surface area contributed by atoms with Crippen molar-refractivity contribution < 1.29 is 14.6 Å². The Bertz CT molecular complexity index is 984. The summed E-state index contributed by atoms with van der Waals surface area (Å²) >= 11 is 3.63. The molecule has 0 atom stereocenters. The van der Waals surface area contributed by atoms with E-state index in [4.69, 9.17) is 10.2 Å². The van der Waals surface area contributed by atoms with Gasteiger partial charge in [-0.15, -0.1) is 30.1 Å². The van der Waals surface area contributed by atoms with E-state index < -0.39 is 0 Å². The molecule has 48 heavy (non-hydrogen) atoms. The minimum atomic E-state index is -0.112. The largest absolute Gasteiger partial charge is 0.400 e. The summed E-state index contributed by atoms with van der Waals surface area (Å²) in [6.07, 6.45) is 1.75. The van der Waals surface area contributed by atoms with Gasteiger partial charge in [-0.3, -0.25) is 14.7 Å². The molecule has 4 rings (SSSR count). The molecule has 2 saturated heterocycles. The van der Waals surface area contributed by atoms with Crippen molar-refractivity contribution >= 4 is 23.5 Å². The molecule has 9 heteroatoms. The molecule has 0 bridgehead atoms. The van der Waals surface area contributed by atoms with E-state index in [9.17, 15) is 4.39 Å². The lowest BCUT2D eigenvalue weighted by Crippen LogP contribution is -2.48. The SMILES string of the molecule is C=CC.CC.CC.CCSc1cc(F)cc(CN2CCN(C(C)C)CC2)c1.CCSc1cccc(CN2CCN(C)CC2)c1.CO.CO. The zero-order chi connectivity index (χ0) is 37.3. The monoisotopic (exact) mass is 713 g/mol. The summed E-state index contributed by atoms with van der Waals surface area (Å²) < 4.78 is 13.6. The van der Waals surface area contributed by atoms with Crippen molar-refractivity contribution in [1.82, 2.24) is 19.6 Å². The summed E-state index contributed by atoms with van der Waals surface area (Å²) in [6, 6.07) is 15.0. The van der Waals surface area contributed by atoms with Crippen molar-refractivity contribution in [3.63, 3.8) is 0 Å². The molecule has 0 spiro atoms. The second kappa shape index (κ2) is 35.4. The molecule has 2 fully saturated rings. The highest BCUT2D eigenvalue weighted by Crippen LogP contribution is 2.22. The Kier molecular flexibility index (Phi) is 37.6. The minimum absolute atomic E-state index is 0.112. The maximum atomic E-state index is 13.6. The first-order valence-electron chi connectivity index (χ1n) is 17.8. The minimum Gasteiger partial charge on any atom is -0.400 e. The van der Waals surface area contributed by atoms with Gasteiger partial charge in [0.05, 0.1) is 0 Å². The molecule has 6 nitrogen and oxygen atoms in total. The van der Waals surface area contributed by atoms with Crippen LogP contribution in [0, 0.1) is 5.82 Å². The van der Waals surface area contributed by atoms with E-state index in [1.165, 1.54) is 36.6 Å². The van der Waals surface area contributed by atoms with E-state index in [0.29, 0.717) is 6.04 Å². The number of hydrogen-bond acceptors (Lipinski definition) is 8. The van der Waals surface area contributed by atoms with Crippen molar-refractivity contribution in [3.8, 4) is 0 Å². The molecule has 0 amide bonds. The summed E-state index contributed by atoms with van der Waals surface area (Å²) in [7, 11) is 4.20.